The number of nitrogens with one attached hydrogen (secondary N) is 1. The fourth-order valence-corrected chi connectivity index (χ4v) is 6.83. The number of nitriles is 1. The van der Waals surface area contributed by atoms with Gasteiger partial charge in [0.1, 0.15) is 17.2 Å². The molecule has 0 spiro atoms. The molecule has 1 aromatic heterocycles. The number of hydrogen-bond donors (Lipinski definition) is 2. The van der Waals surface area contributed by atoms with Gasteiger partial charge in [-0.05, 0) is 47.9 Å². The Bertz CT molecular complexity index is 1920. The van der Waals surface area contributed by atoms with Gasteiger partial charge in [-0.25, -0.2) is 4.79 Å². The fourth-order valence-electron chi connectivity index (χ4n) is 5.52. The first kappa shape index (κ1) is 28.1. The summed E-state index contributed by atoms with van der Waals surface area (Å²) in [4.78, 5) is 25.0. The normalized spacial score (nSPS) is 16.9. The highest BCUT2D eigenvalue weighted by Crippen LogP contribution is 2.44. The molecule has 1 aliphatic rings. The Balaban J connectivity index is 1.28. The number of benzene rings is 4. The van der Waals surface area contributed by atoms with Crippen LogP contribution in [0.25, 0.3) is 27.5 Å². The maximum absolute atomic E-state index is 12.8. The summed E-state index contributed by atoms with van der Waals surface area (Å²) in [5, 5.41) is 23.7. The quantitative estimate of drug-likeness (QED) is 0.188. The number of amides is 1. The monoisotopic (exact) mass is 584 g/mol. The van der Waals surface area contributed by atoms with Crippen LogP contribution in [0.5, 0.6) is 0 Å². The number of para-hydroxylation sites is 2. The molecule has 0 fully saturated rings. The van der Waals surface area contributed by atoms with Crippen LogP contribution in [0.1, 0.15) is 33.5 Å². The molecule has 0 bridgehead atoms. The lowest BCUT2D eigenvalue weighted by Crippen LogP contribution is -2.43. The molecule has 0 saturated carbocycles. The first-order valence-electron chi connectivity index (χ1n) is 13.9. The molecule has 6 nitrogen and oxygen atoms in total. The highest BCUT2D eigenvalue weighted by Gasteiger charge is 2.35. The van der Waals surface area contributed by atoms with E-state index in [0.29, 0.717) is 23.3 Å². The SMILES string of the molecule is N#Cc1ccc(C(=O)N[C@@H](CSCC2(c3cccc4c3oc3ccccc34)C=CC(c3ccccc3)=CC2)C(=O)O)cc1. The number of rotatable bonds is 9. The largest absolute Gasteiger partial charge is 0.480 e. The van der Waals surface area contributed by atoms with Crippen molar-refractivity contribution in [2.75, 3.05) is 11.5 Å². The molecule has 43 heavy (non-hydrogen) atoms. The molecule has 6 rings (SSSR count). The molecule has 0 radical (unpaired) electrons. The number of carboxylic acids is 1. The number of nitrogens with zero attached hydrogens (tertiary/aromatic N) is 1. The molecule has 5 aromatic rings. The molecular formula is C36H28N2O4S. The lowest BCUT2D eigenvalue weighted by molar-refractivity contribution is -0.138. The summed E-state index contributed by atoms with van der Waals surface area (Å²) in [5.74, 6) is -0.840. The fraction of sp³-hybridized carbons (Fsp3) is 0.139. The molecule has 1 unspecified atom stereocenters. The standard InChI is InChI=1S/C36H28N2O4S/c37-21-24-13-15-27(16-14-24)34(39)38-31(35(40)41)22-43-23-36(19-17-26(18-20-36)25-7-2-1-3-8-25)30-11-6-10-29-28-9-4-5-12-32(28)42-33(29)30/h1-19,31H,20,22-23H2,(H,38,39)(H,40,41)/t31-,36?/m0/s1. The van der Waals surface area contributed by atoms with Crippen molar-refractivity contribution in [1.29, 1.82) is 5.26 Å². The second kappa shape index (κ2) is 12.0. The number of thioether (sulfide) groups is 1. The van der Waals surface area contributed by atoms with Gasteiger partial charge in [-0.15, -0.1) is 0 Å². The van der Waals surface area contributed by atoms with E-state index in [1.54, 1.807) is 0 Å². The Morgan fingerprint density at radius 2 is 1.70 bits per heavy atom. The lowest BCUT2D eigenvalue weighted by Gasteiger charge is -2.33. The number of fused-ring (bicyclic) bond motifs is 3. The van der Waals surface area contributed by atoms with Crippen molar-refractivity contribution >= 4 is 51.1 Å². The van der Waals surface area contributed by atoms with Crippen molar-refractivity contribution < 1.29 is 19.1 Å². The Morgan fingerprint density at radius 1 is 0.953 bits per heavy atom. The molecule has 212 valence electrons. The van der Waals surface area contributed by atoms with Crippen LogP contribution in [-0.4, -0.2) is 34.5 Å². The number of carboxylic acid groups (broad SMARTS) is 1. The van der Waals surface area contributed by atoms with Crippen LogP contribution in [0.15, 0.2) is 120 Å². The predicted octanol–water partition coefficient (Wildman–Crippen LogP) is 7.36. The van der Waals surface area contributed by atoms with Crippen LogP contribution in [0.2, 0.25) is 0 Å². The summed E-state index contributed by atoms with van der Waals surface area (Å²) in [5.41, 5.74) is 5.24. The van der Waals surface area contributed by atoms with E-state index in [9.17, 15) is 14.7 Å². The van der Waals surface area contributed by atoms with Crippen molar-refractivity contribution in [1.82, 2.24) is 5.32 Å². The van der Waals surface area contributed by atoms with E-state index in [-0.39, 0.29) is 5.75 Å². The van der Waals surface area contributed by atoms with Crippen LogP contribution >= 0.6 is 11.8 Å². The summed E-state index contributed by atoms with van der Waals surface area (Å²) in [6, 6.07) is 31.5. The number of carbonyl (C=O) groups is 2. The van der Waals surface area contributed by atoms with Gasteiger partial charge in [0.2, 0.25) is 0 Å². The molecule has 2 N–H and O–H groups in total. The minimum atomic E-state index is -1.10. The van der Waals surface area contributed by atoms with E-state index >= 15 is 0 Å². The average Bonchev–Trinajstić information content (AvgIpc) is 3.44. The summed E-state index contributed by atoms with van der Waals surface area (Å²) in [6.07, 6.45) is 7.29. The van der Waals surface area contributed by atoms with Gasteiger partial charge in [-0.3, -0.25) is 4.79 Å². The summed E-state index contributed by atoms with van der Waals surface area (Å²) < 4.78 is 6.42. The van der Waals surface area contributed by atoms with E-state index in [4.69, 9.17) is 9.68 Å². The van der Waals surface area contributed by atoms with Gasteiger partial charge >= 0.3 is 5.97 Å². The smallest absolute Gasteiger partial charge is 0.327 e. The predicted molar refractivity (Wildman–Crippen MR) is 171 cm³/mol. The number of furan rings is 1. The molecule has 0 saturated heterocycles. The number of allylic oxidation sites excluding steroid dienone is 4. The van der Waals surface area contributed by atoms with Crippen LogP contribution in [0, 0.1) is 11.3 Å². The molecule has 7 heteroatoms. The maximum Gasteiger partial charge on any atom is 0.327 e. The van der Waals surface area contributed by atoms with Crippen LogP contribution in [0.3, 0.4) is 0 Å². The minimum Gasteiger partial charge on any atom is -0.480 e. The Morgan fingerprint density at radius 3 is 2.42 bits per heavy atom. The van der Waals surface area contributed by atoms with E-state index in [2.05, 4.69) is 53.9 Å². The Hall–Kier alpha value is -5.06. The van der Waals surface area contributed by atoms with Crippen molar-refractivity contribution in [2.45, 2.75) is 17.9 Å². The first-order valence-corrected chi connectivity index (χ1v) is 15.1. The zero-order valence-corrected chi connectivity index (χ0v) is 24.0. The third kappa shape index (κ3) is 5.70. The highest BCUT2D eigenvalue weighted by atomic mass is 32.2. The molecule has 1 heterocycles. The number of aliphatic carboxylic acids is 1. The molecule has 1 amide bonds. The van der Waals surface area contributed by atoms with Crippen molar-refractivity contribution in [3.05, 3.63) is 138 Å². The molecule has 4 aromatic carbocycles. The van der Waals surface area contributed by atoms with Crippen molar-refractivity contribution in [3.63, 3.8) is 0 Å². The summed E-state index contributed by atoms with van der Waals surface area (Å²) in [6.45, 7) is 0. The van der Waals surface area contributed by atoms with Gasteiger partial charge in [0, 0.05) is 38.8 Å². The van der Waals surface area contributed by atoms with Crippen LogP contribution in [0.4, 0.5) is 0 Å². The van der Waals surface area contributed by atoms with Crippen molar-refractivity contribution in [2.24, 2.45) is 0 Å². The molecular weight excluding hydrogens is 556 g/mol. The minimum absolute atomic E-state index is 0.179. The van der Waals surface area contributed by atoms with E-state index in [0.717, 1.165) is 38.6 Å². The maximum atomic E-state index is 12.8. The van der Waals surface area contributed by atoms with Gasteiger partial charge in [0.15, 0.2) is 0 Å². The molecule has 2 atom stereocenters. The topological polar surface area (TPSA) is 103 Å². The van der Waals surface area contributed by atoms with Gasteiger partial charge in [-0.1, -0.05) is 85.0 Å². The first-order chi connectivity index (χ1) is 21.0. The number of carbonyl (C=O) groups excluding carboxylic acids is 1. The second-order valence-corrected chi connectivity index (χ2v) is 11.6. The van der Waals surface area contributed by atoms with Gasteiger partial charge in [-0.2, -0.15) is 17.0 Å². The van der Waals surface area contributed by atoms with Crippen LogP contribution in [-0.2, 0) is 10.2 Å². The zero-order valence-electron chi connectivity index (χ0n) is 23.2. The summed E-state index contributed by atoms with van der Waals surface area (Å²) in [7, 11) is 0. The van der Waals surface area contributed by atoms with Crippen molar-refractivity contribution in [3.8, 4) is 6.07 Å². The van der Waals surface area contributed by atoms with Gasteiger partial charge in [0.05, 0.1) is 11.6 Å². The van der Waals surface area contributed by atoms with E-state index in [1.807, 2.05) is 48.5 Å². The molecule has 1 aliphatic carbocycles. The Labute approximate surface area is 253 Å². The number of hydrogen-bond acceptors (Lipinski definition) is 5. The Kier molecular flexibility index (Phi) is 7.86. The van der Waals surface area contributed by atoms with Crippen LogP contribution < -0.4 is 5.32 Å². The van der Waals surface area contributed by atoms with Gasteiger partial charge in [0.25, 0.3) is 5.91 Å². The summed E-state index contributed by atoms with van der Waals surface area (Å²) >= 11 is 1.48. The molecule has 0 aliphatic heterocycles. The van der Waals surface area contributed by atoms with E-state index < -0.39 is 23.3 Å². The van der Waals surface area contributed by atoms with E-state index in [1.165, 1.54) is 36.0 Å². The third-order valence-electron chi connectivity index (χ3n) is 7.84. The average molecular weight is 585 g/mol. The third-order valence-corrected chi connectivity index (χ3v) is 9.13. The zero-order chi connectivity index (χ0) is 29.8. The second-order valence-electron chi connectivity index (χ2n) is 10.6. The van der Waals surface area contributed by atoms with Gasteiger partial charge < -0.3 is 14.8 Å². The highest BCUT2D eigenvalue weighted by molar-refractivity contribution is 7.99. The lowest BCUT2D eigenvalue weighted by atomic mass is 9.74.